The van der Waals surface area contributed by atoms with E-state index in [9.17, 15) is 4.39 Å². The van der Waals surface area contributed by atoms with Crippen molar-refractivity contribution in [2.45, 2.75) is 32.9 Å². The summed E-state index contributed by atoms with van der Waals surface area (Å²) in [5, 5.41) is 10.7. The van der Waals surface area contributed by atoms with E-state index in [0.29, 0.717) is 18.2 Å². The molecule has 5 nitrogen and oxygen atoms in total. The first-order valence-electron chi connectivity index (χ1n) is 6.54. The zero-order valence-corrected chi connectivity index (χ0v) is 11.8. The molecule has 2 aromatic rings. The molecule has 6 heteroatoms. The number of nitrogens with zero attached hydrogens (tertiary/aromatic N) is 2. The summed E-state index contributed by atoms with van der Waals surface area (Å²) in [5.74, 6) is 0.657. The number of rotatable bonds is 6. The Kier molecular flexibility index (Phi) is 4.68. The summed E-state index contributed by atoms with van der Waals surface area (Å²) in [6, 6.07) is 4.98. The predicted octanol–water partition coefficient (Wildman–Crippen LogP) is 2.63. The van der Waals surface area contributed by atoms with E-state index in [4.69, 9.17) is 9.15 Å². The Morgan fingerprint density at radius 1 is 1.35 bits per heavy atom. The van der Waals surface area contributed by atoms with Gasteiger partial charge in [-0.05, 0) is 31.7 Å². The lowest BCUT2D eigenvalue weighted by molar-refractivity contribution is 0.248. The van der Waals surface area contributed by atoms with Crippen LogP contribution in [-0.2, 0) is 13.0 Å². The maximum Gasteiger partial charge on any atom is 0.253 e. The number of nitrogens with one attached hydrogen (secondary N) is 1. The summed E-state index contributed by atoms with van der Waals surface area (Å²) in [7, 11) is 1.83. The molecule has 0 aliphatic heterocycles. The quantitative estimate of drug-likeness (QED) is 0.880. The molecule has 1 aromatic heterocycles. The molecule has 0 radical (unpaired) electrons. The molecule has 0 amide bonds. The van der Waals surface area contributed by atoms with Gasteiger partial charge in [-0.25, -0.2) is 4.39 Å². The van der Waals surface area contributed by atoms with Gasteiger partial charge in [0.2, 0.25) is 5.89 Å². The van der Waals surface area contributed by atoms with Gasteiger partial charge in [0.25, 0.3) is 5.89 Å². The molecule has 1 aromatic carbocycles. The maximum atomic E-state index is 13.9. The van der Waals surface area contributed by atoms with Crippen LogP contribution in [0.3, 0.4) is 0 Å². The van der Waals surface area contributed by atoms with Crippen LogP contribution in [0, 0.1) is 5.82 Å². The summed E-state index contributed by atoms with van der Waals surface area (Å²) >= 11 is 0. The van der Waals surface area contributed by atoms with Gasteiger partial charge in [0, 0.05) is 12.5 Å². The van der Waals surface area contributed by atoms with Gasteiger partial charge in [0.1, 0.15) is 0 Å². The lowest BCUT2D eigenvalue weighted by Crippen LogP contribution is -2.12. The second-order valence-corrected chi connectivity index (χ2v) is 4.43. The lowest BCUT2D eigenvalue weighted by atomic mass is 10.1. The highest BCUT2D eigenvalue weighted by atomic mass is 19.1. The molecule has 0 fully saturated rings. The second kappa shape index (κ2) is 6.47. The van der Waals surface area contributed by atoms with Crippen molar-refractivity contribution < 1.29 is 13.5 Å². The zero-order chi connectivity index (χ0) is 14.5. The Bertz CT molecular complexity index is 571. The number of halogens is 1. The molecule has 0 spiro atoms. The smallest absolute Gasteiger partial charge is 0.253 e. The molecule has 1 N–H and O–H groups in total. The third-order valence-electron chi connectivity index (χ3n) is 3.05. The molecule has 1 unspecified atom stereocenters. The van der Waals surface area contributed by atoms with E-state index in [-0.39, 0.29) is 18.4 Å². The Morgan fingerprint density at radius 2 is 2.10 bits per heavy atom. The normalized spacial score (nSPS) is 12.4. The van der Waals surface area contributed by atoms with Crippen molar-refractivity contribution in [2.75, 3.05) is 7.05 Å². The Hall–Kier alpha value is -1.95. The highest BCUT2D eigenvalue weighted by Crippen LogP contribution is 2.22. The van der Waals surface area contributed by atoms with Crippen LogP contribution >= 0.6 is 0 Å². The molecule has 0 saturated heterocycles. The van der Waals surface area contributed by atoms with E-state index >= 15 is 0 Å². The van der Waals surface area contributed by atoms with Crippen molar-refractivity contribution >= 4 is 0 Å². The third kappa shape index (κ3) is 3.33. The highest BCUT2D eigenvalue weighted by molar-refractivity contribution is 5.30. The van der Waals surface area contributed by atoms with Crippen LogP contribution in [0.15, 0.2) is 22.6 Å². The van der Waals surface area contributed by atoms with Crippen molar-refractivity contribution in [3.05, 3.63) is 41.4 Å². The fourth-order valence-corrected chi connectivity index (χ4v) is 1.70. The zero-order valence-electron chi connectivity index (χ0n) is 11.8. The van der Waals surface area contributed by atoms with E-state index in [2.05, 4.69) is 15.5 Å². The fraction of sp³-hybridized carbons (Fsp3) is 0.429. The largest absolute Gasteiger partial charge is 0.481 e. The third-order valence-corrected chi connectivity index (χ3v) is 3.05. The minimum Gasteiger partial charge on any atom is -0.481 e. The summed E-state index contributed by atoms with van der Waals surface area (Å²) in [5.41, 5.74) is 0.864. The van der Waals surface area contributed by atoms with Crippen LogP contribution in [0.2, 0.25) is 0 Å². The van der Waals surface area contributed by atoms with Crippen LogP contribution in [0.4, 0.5) is 4.39 Å². The number of aryl methyl sites for hydroxylation is 1. The molecule has 108 valence electrons. The van der Waals surface area contributed by atoms with E-state index in [1.165, 1.54) is 6.07 Å². The minimum absolute atomic E-state index is 0.0604. The summed E-state index contributed by atoms with van der Waals surface area (Å²) in [6.45, 7) is 3.93. The summed E-state index contributed by atoms with van der Waals surface area (Å²) < 4.78 is 24.6. The molecule has 0 aliphatic carbocycles. The molecular formula is C14H18FN3O2. The van der Waals surface area contributed by atoms with Crippen LogP contribution < -0.4 is 10.1 Å². The van der Waals surface area contributed by atoms with Crippen molar-refractivity contribution in [3.8, 4) is 5.75 Å². The average molecular weight is 279 g/mol. The topological polar surface area (TPSA) is 60.2 Å². The van der Waals surface area contributed by atoms with Gasteiger partial charge in [-0.15, -0.1) is 10.2 Å². The molecule has 1 atom stereocenters. The first-order valence-corrected chi connectivity index (χ1v) is 6.54. The molecule has 0 bridgehead atoms. The van der Waals surface area contributed by atoms with Crippen LogP contribution in [0.25, 0.3) is 0 Å². The fourth-order valence-electron chi connectivity index (χ4n) is 1.70. The van der Waals surface area contributed by atoms with Crippen molar-refractivity contribution in [1.82, 2.24) is 15.5 Å². The number of hydrogen-bond donors (Lipinski definition) is 1. The summed E-state index contributed by atoms with van der Waals surface area (Å²) in [4.78, 5) is 0. The van der Waals surface area contributed by atoms with Gasteiger partial charge >= 0.3 is 0 Å². The van der Waals surface area contributed by atoms with Gasteiger partial charge in [0.05, 0.1) is 0 Å². The Labute approximate surface area is 117 Å². The predicted molar refractivity (Wildman–Crippen MR) is 71.9 cm³/mol. The number of ether oxygens (including phenoxy) is 1. The Balaban J connectivity index is 2.02. The standard InChI is InChI=1S/C14H18FN3O2/c1-4-13-17-18-14(20-13)8-19-12-6-5-10(7-11(12)15)9(2)16-3/h5-7,9,16H,4,8H2,1-3H3. The van der Waals surface area contributed by atoms with Crippen molar-refractivity contribution in [3.63, 3.8) is 0 Å². The minimum atomic E-state index is -0.403. The first-order chi connectivity index (χ1) is 9.63. The first kappa shape index (κ1) is 14.5. The van der Waals surface area contributed by atoms with E-state index in [0.717, 1.165) is 5.56 Å². The van der Waals surface area contributed by atoms with E-state index < -0.39 is 5.82 Å². The van der Waals surface area contributed by atoms with Crippen LogP contribution in [0.5, 0.6) is 5.75 Å². The molecule has 0 aliphatic rings. The molecule has 20 heavy (non-hydrogen) atoms. The van der Waals surface area contributed by atoms with Gasteiger partial charge < -0.3 is 14.5 Å². The second-order valence-electron chi connectivity index (χ2n) is 4.43. The van der Waals surface area contributed by atoms with E-state index in [1.807, 2.05) is 27.0 Å². The average Bonchev–Trinajstić information content (AvgIpc) is 2.93. The molecule has 2 rings (SSSR count). The number of benzene rings is 1. The maximum absolute atomic E-state index is 13.9. The van der Waals surface area contributed by atoms with Crippen molar-refractivity contribution in [2.24, 2.45) is 0 Å². The highest BCUT2D eigenvalue weighted by Gasteiger charge is 2.10. The lowest BCUT2D eigenvalue weighted by Gasteiger charge is -2.12. The van der Waals surface area contributed by atoms with Crippen LogP contribution in [0.1, 0.15) is 37.2 Å². The Morgan fingerprint density at radius 3 is 2.70 bits per heavy atom. The number of aromatic nitrogens is 2. The van der Waals surface area contributed by atoms with E-state index in [1.54, 1.807) is 6.07 Å². The molecular weight excluding hydrogens is 261 g/mol. The van der Waals surface area contributed by atoms with Gasteiger partial charge in [-0.1, -0.05) is 13.0 Å². The molecule has 0 saturated carbocycles. The van der Waals surface area contributed by atoms with Gasteiger partial charge in [-0.2, -0.15) is 0 Å². The van der Waals surface area contributed by atoms with Crippen molar-refractivity contribution in [1.29, 1.82) is 0 Å². The summed E-state index contributed by atoms with van der Waals surface area (Å²) in [6.07, 6.45) is 0.665. The molecule has 1 heterocycles. The van der Waals surface area contributed by atoms with Gasteiger partial charge in [-0.3, -0.25) is 0 Å². The number of hydrogen-bond acceptors (Lipinski definition) is 5. The van der Waals surface area contributed by atoms with Gasteiger partial charge in [0.15, 0.2) is 18.2 Å². The SMILES string of the molecule is CCc1nnc(COc2ccc(C(C)NC)cc2F)o1. The van der Waals surface area contributed by atoms with Crippen LogP contribution in [-0.4, -0.2) is 17.2 Å². The monoisotopic (exact) mass is 279 g/mol.